The molecule has 1 aliphatic rings. The highest BCUT2D eigenvalue weighted by Gasteiger charge is 2.17. The first kappa shape index (κ1) is 14.5. The van der Waals surface area contributed by atoms with Gasteiger partial charge in [-0.25, -0.2) is 0 Å². The predicted octanol–water partition coefficient (Wildman–Crippen LogP) is 3.00. The number of likely N-dealkylation sites (N-methyl/N-ethyl adjacent to an activating group) is 1. The molecule has 0 bridgehead atoms. The lowest BCUT2D eigenvalue weighted by Gasteiger charge is -2.31. The Morgan fingerprint density at radius 2 is 2.16 bits per heavy atom. The molecule has 0 amide bonds. The SMILES string of the molecule is CC(NCCN(C)C1CCCCC1)c1cccnc1. The van der Waals surface area contributed by atoms with Crippen molar-refractivity contribution in [1.82, 2.24) is 15.2 Å². The monoisotopic (exact) mass is 261 g/mol. The van der Waals surface area contributed by atoms with Crippen molar-refractivity contribution in [3.8, 4) is 0 Å². The highest BCUT2D eigenvalue weighted by Crippen LogP contribution is 2.21. The lowest BCUT2D eigenvalue weighted by molar-refractivity contribution is 0.191. The van der Waals surface area contributed by atoms with Crippen LogP contribution in [0.2, 0.25) is 0 Å². The van der Waals surface area contributed by atoms with E-state index in [4.69, 9.17) is 0 Å². The average molecular weight is 261 g/mol. The zero-order valence-electron chi connectivity index (χ0n) is 12.3. The molecule has 0 saturated heterocycles. The van der Waals surface area contributed by atoms with Crippen LogP contribution in [-0.4, -0.2) is 36.1 Å². The molecule has 1 aliphatic carbocycles. The van der Waals surface area contributed by atoms with Gasteiger partial charge in [-0.3, -0.25) is 4.98 Å². The predicted molar refractivity (Wildman–Crippen MR) is 80.2 cm³/mol. The number of nitrogens with one attached hydrogen (secondary N) is 1. The third-order valence-corrected chi connectivity index (χ3v) is 4.30. The first-order chi connectivity index (χ1) is 9.27. The number of hydrogen-bond donors (Lipinski definition) is 1. The fourth-order valence-electron chi connectivity index (χ4n) is 2.91. The van der Waals surface area contributed by atoms with Crippen molar-refractivity contribution in [2.45, 2.75) is 51.1 Å². The van der Waals surface area contributed by atoms with Crippen LogP contribution in [0.15, 0.2) is 24.5 Å². The van der Waals surface area contributed by atoms with Crippen LogP contribution in [-0.2, 0) is 0 Å². The zero-order chi connectivity index (χ0) is 13.5. The third-order valence-electron chi connectivity index (χ3n) is 4.30. The van der Waals surface area contributed by atoms with Crippen LogP contribution in [0, 0.1) is 0 Å². The topological polar surface area (TPSA) is 28.2 Å². The number of hydrogen-bond acceptors (Lipinski definition) is 3. The Kier molecular flexibility index (Phi) is 5.80. The molecule has 19 heavy (non-hydrogen) atoms. The first-order valence-electron chi connectivity index (χ1n) is 7.61. The molecule has 3 nitrogen and oxygen atoms in total. The summed E-state index contributed by atoms with van der Waals surface area (Å²) in [5.41, 5.74) is 1.27. The summed E-state index contributed by atoms with van der Waals surface area (Å²) in [6, 6.07) is 5.33. The minimum atomic E-state index is 0.383. The van der Waals surface area contributed by atoms with E-state index in [2.05, 4.69) is 35.2 Å². The van der Waals surface area contributed by atoms with Gasteiger partial charge in [-0.15, -0.1) is 0 Å². The molecule has 1 heterocycles. The smallest absolute Gasteiger partial charge is 0.0315 e. The Hall–Kier alpha value is -0.930. The number of pyridine rings is 1. The van der Waals surface area contributed by atoms with Gasteiger partial charge in [0.15, 0.2) is 0 Å². The second-order valence-electron chi connectivity index (χ2n) is 5.73. The second kappa shape index (κ2) is 7.61. The Bertz CT molecular complexity index is 346. The van der Waals surface area contributed by atoms with Crippen molar-refractivity contribution in [3.05, 3.63) is 30.1 Å². The molecule has 1 fully saturated rings. The Labute approximate surface area is 117 Å². The summed E-state index contributed by atoms with van der Waals surface area (Å²) >= 11 is 0. The molecular weight excluding hydrogens is 234 g/mol. The normalized spacial score (nSPS) is 18.7. The van der Waals surface area contributed by atoms with Gasteiger partial charge in [0.05, 0.1) is 0 Å². The molecule has 1 atom stereocenters. The van der Waals surface area contributed by atoms with Gasteiger partial charge in [-0.1, -0.05) is 25.3 Å². The maximum absolute atomic E-state index is 4.17. The van der Waals surface area contributed by atoms with E-state index in [1.807, 2.05) is 18.5 Å². The van der Waals surface area contributed by atoms with Gasteiger partial charge in [-0.05, 0) is 38.4 Å². The molecular formula is C16H27N3. The molecule has 106 valence electrons. The fraction of sp³-hybridized carbons (Fsp3) is 0.688. The van der Waals surface area contributed by atoms with Crippen molar-refractivity contribution in [1.29, 1.82) is 0 Å². The number of rotatable bonds is 6. The number of aromatic nitrogens is 1. The van der Waals surface area contributed by atoms with E-state index in [0.717, 1.165) is 19.1 Å². The van der Waals surface area contributed by atoms with Crippen molar-refractivity contribution >= 4 is 0 Å². The standard InChI is InChI=1S/C16H27N3/c1-14(15-7-6-10-17-13-15)18-11-12-19(2)16-8-4-3-5-9-16/h6-7,10,13-14,16,18H,3-5,8-9,11-12H2,1-2H3. The number of nitrogens with zero attached hydrogens (tertiary/aromatic N) is 2. The zero-order valence-corrected chi connectivity index (χ0v) is 12.3. The van der Waals surface area contributed by atoms with E-state index in [1.165, 1.54) is 37.7 Å². The minimum absolute atomic E-state index is 0.383. The van der Waals surface area contributed by atoms with Crippen molar-refractivity contribution in [2.75, 3.05) is 20.1 Å². The van der Waals surface area contributed by atoms with Crippen LogP contribution in [0.3, 0.4) is 0 Å². The molecule has 0 radical (unpaired) electrons. The molecule has 0 spiro atoms. The molecule has 1 aromatic heterocycles. The average Bonchev–Trinajstić information content (AvgIpc) is 2.49. The van der Waals surface area contributed by atoms with E-state index >= 15 is 0 Å². The Balaban J connectivity index is 1.68. The molecule has 3 heteroatoms. The highest BCUT2D eigenvalue weighted by atomic mass is 15.1. The lowest BCUT2D eigenvalue weighted by atomic mass is 9.94. The summed E-state index contributed by atoms with van der Waals surface area (Å²) in [7, 11) is 2.27. The molecule has 0 aromatic carbocycles. The quantitative estimate of drug-likeness (QED) is 0.853. The maximum Gasteiger partial charge on any atom is 0.0315 e. The van der Waals surface area contributed by atoms with Gasteiger partial charge in [0, 0.05) is 37.6 Å². The fourth-order valence-corrected chi connectivity index (χ4v) is 2.91. The van der Waals surface area contributed by atoms with Crippen molar-refractivity contribution < 1.29 is 0 Å². The van der Waals surface area contributed by atoms with E-state index < -0.39 is 0 Å². The van der Waals surface area contributed by atoms with Crippen LogP contribution < -0.4 is 5.32 Å². The molecule has 1 N–H and O–H groups in total. The largest absolute Gasteiger partial charge is 0.309 e. The maximum atomic E-state index is 4.17. The second-order valence-corrected chi connectivity index (χ2v) is 5.73. The lowest BCUT2D eigenvalue weighted by Crippen LogP contribution is -2.38. The van der Waals surface area contributed by atoms with Crippen LogP contribution in [0.1, 0.15) is 50.6 Å². The summed E-state index contributed by atoms with van der Waals surface area (Å²) in [6.07, 6.45) is 10.8. The Morgan fingerprint density at radius 3 is 2.84 bits per heavy atom. The van der Waals surface area contributed by atoms with E-state index in [0.29, 0.717) is 6.04 Å². The van der Waals surface area contributed by atoms with E-state index in [9.17, 15) is 0 Å². The molecule has 1 unspecified atom stereocenters. The minimum Gasteiger partial charge on any atom is -0.309 e. The molecule has 1 saturated carbocycles. The van der Waals surface area contributed by atoms with Gasteiger partial charge in [0.1, 0.15) is 0 Å². The van der Waals surface area contributed by atoms with Crippen LogP contribution in [0.4, 0.5) is 0 Å². The van der Waals surface area contributed by atoms with Gasteiger partial charge >= 0.3 is 0 Å². The summed E-state index contributed by atoms with van der Waals surface area (Å²) in [4.78, 5) is 6.70. The van der Waals surface area contributed by atoms with Crippen LogP contribution in [0.5, 0.6) is 0 Å². The van der Waals surface area contributed by atoms with E-state index in [-0.39, 0.29) is 0 Å². The van der Waals surface area contributed by atoms with E-state index in [1.54, 1.807) is 0 Å². The third kappa shape index (κ3) is 4.59. The summed E-state index contributed by atoms with van der Waals surface area (Å²) in [5.74, 6) is 0. The van der Waals surface area contributed by atoms with Gasteiger partial charge < -0.3 is 10.2 Å². The molecule has 2 rings (SSSR count). The van der Waals surface area contributed by atoms with Gasteiger partial charge in [-0.2, -0.15) is 0 Å². The van der Waals surface area contributed by atoms with Gasteiger partial charge in [0.25, 0.3) is 0 Å². The van der Waals surface area contributed by atoms with Crippen molar-refractivity contribution in [2.24, 2.45) is 0 Å². The van der Waals surface area contributed by atoms with Crippen molar-refractivity contribution in [3.63, 3.8) is 0 Å². The highest BCUT2D eigenvalue weighted by molar-refractivity contribution is 5.12. The summed E-state index contributed by atoms with van der Waals surface area (Å²) in [5, 5.41) is 3.59. The Morgan fingerprint density at radius 1 is 1.37 bits per heavy atom. The van der Waals surface area contributed by atoms with Gasteiger partial charge in [0.2, 0.25) is 0 Å². The first-order valence-corrected chi connectivity index (χ1v) is 7.61. The molecule has 1 aromatic rings. The summed E-state index contributed by atoms with van der Waals surface area (Å²) < 4.78 is 0. The summed E-state index contributed by atoms with van der Waals surface area (Å²) in [6.45, 7) is 4.38. The van der Waals surface area contributed by atoms with Crippen LogP contribution >= 0.6 is 0 Å². The van der Waals surface area contributed by atoms with Crippen LogP contribution in [0.25, 0.3) is 0 Å². The molecule has 0 aliphatic heterocycles.